The van der Waals surface area contributed by atoms with E-state index in [1.165, 1.54) is 23.8 Å². The Hall–Kier alpha value is -2.23. The van der Waals surface area contributed by atoms with Crippen LogP contribution in [0, 0.1) is 0 Å². The molecule has 2 aromatic rings. The quantitative estimate of drug-likeness (QED) is 0.799. The molecule has 5 heterocycles. The Bertz CT molecular complexity index is 944. The number of hydrogen-bond acceptors (Lipinski definition) is 8. The van der Waals surface area contributed by atoms with Crippen molar-refractivity contribution in [2.75, 3.05) is 43.1 Å². The van der Waals surface area contributed by atoms with Crippen molar-refractivity contribution >= 4 is 28.2 Å². The Kier molecular flexibility index (Phi) is 5.12. The van der Waals surface area contributed by atoms with Gasteiger partial charge in [-0.15, -0.1) is 11.3 Å². The monoisotopic (exact) mass is 429 g/mol. The molecule has 30 heavy (non-hydrogen) atoms. The van der Waals surface area contributed by atoms with Gasteiger partial charge in [0.2, 0.25) is 5.91 Å². The molecule has 1 amide bonds. The van der Waals surface area contributed by atoms with Crippen LogP contribution in [0.1, 0.15) is 30.7 Å². The first kappa shape index (κ1) is 19.7. The molecule has 0 aliphatic carbocycles. The van der Waals surface area contributed by atoms with Gasteiger partial charge < -0.3 is 19.7 Å². The highest BCUT2D eigenvalue weighted by atomic mass is 32.1. The minimum absolute atomic E-state index is 0.0911. The van der Waals surface area contributed by atoms with Gasteiger partial charge in [-0.05, 0) is 13.0 Å². The van der Waals surface area contributed by atoms with Crippen molar-refractivity contribution in [2.24, 2.45) is 0 Å². The van der Waals surface area contributed by atoms with Crippen LogP contribution >= 0.6 is 11.3 Å². The third-order valence-electron chi connectivity index (χ3n) is 6.09. The molecule has 1 spiro atoms. The molecular formula is C21H27N5O3S. The lowest BCUT2D eigenvalue weighted by atomic mass is 9.95. The summed E-state index contributed by atoms with van der Waals surface area (Å²) in [5, 5.41) is 3.42. The van der Waals surface area contributed by atoms with Gasteiger partial charge >= 0.3 is 0 Å². The second-order valence-electron chi connectivity index (χ2n) is 8.48. The average Bonchev–Trinajstić information content (AvgIpc) is 3.38. The van der Waals surface area contributed by atoms with Gasteiger partial charge in [0, 0.05) is 68.6 Å². The molecule has 5 rings (SSSR count). The van der Waals surface area contributed by atoms with Crippen molar-refractivity contribution in [3.8, 4) is 5.75 Å². The maximum Gasteiger partial charge on any atom is 0.223 e. The first-order valence-corrected chi connectivity index (χ1v) is 11.3. The predicted octanol–water partition coefficient (Wildman–Crippen LogP) is 2.30. The largest absolute Gasteiger partial charge is 0.484 e. The molecular weight excluding hydrogens is 402 g/mol. The molecule has 3 aliphatic heterocycles. The van der Waals surface area contributed by atoms with Crippen molar-refractivity contribution in [1.29, 1.82) is 0 Å². The van der Waals surface area contributed by atoms with Crippen molar-refractivity contribution in [3.63, 3.8) is 0 Å². The predicted molar refractivity (Wildman–Crippen MR) is 115 cm³/mol. The molecule has 2 saturated heterocycles. The third-order valence-corrected chi connectivity index (χ3v) is 6.98. The number of nitrogens with zero attached hydrogens (tertiary/aromatic N) is 4. The normalized spacial score (nSPS) is 26.1. The fourth-order valence-corrected chi connectivity index (χ4v) is 5.63. The van der Waals surface area contributed by atoms with Crippen LogP contribution in [0.4, 0.5) is 10.9 Å². The van der Waals surface area contributed by atoms with E-state index in [1.807, 2.05) is 12.4 Å². The highest BCUT2D eigenvalue weighted by Gasteiger charge is 2.48. The average molecular weight is 430 g/mol. The van der Waals surface area contributed by atoms with Gasteiger partial charge in [0.05, 0.1) is 19.4 Å². The molecule has 8 nitrogen and oxygen atoms in total. The molecule has 1 N–H and O–H groups in total. The molecule has 2 fully saturated rings. The molecule has 3 aliphatic rings. The zero-order chi connectivity index (χ0) is 20.7. The van der Waals surface area contributed by atoms with E-state index in [1.54, 1.807) is 0 Å². The summed E-state index contributed by atoms with van der Waals surface area (Å²) >= 11 is 1.53. The van der Waals surface area contributed by atoms with Crippen LogP contribution in [0.25, 0.3) is 0 Å². The number of carbonyl (C=O) groups excluding carboxylic acids is 1. The first-order valence-electron chi connectivity index (χ1n) is 10.5. The van der Waals surface area contributed by atoms with Crippen molar-refractivity contribution in [1.82, 2.24) is 14.9 Å². The Morgan fingerprint density at radius 1 is 1.33 bits per heavy atom. The van der Waals surface area contributed by atoms with Crippen molar-refractivity contribution in [3.05, 3.63) is 28.9 Å². The van der Waals surface area contributed by atoms with Crippen molar-refractivity contribution in [2.45, 2.75) is 44.9 Å². The fraction of sp³-hybridized carbons (Fsp3) is 0.571. The number of aromatic nitrogens is 2. The fourth-order valence-electron chi connectivity index (χ4n) is 4.74. The third kappa shape index (κ3) is 3.89. The summed E-state index contributed by atoms with van der Waals surface area (Å²) in [7, 11) is 0. The summed E-state index contributed by atoms with van der Waals surface area (Å²) in [6, 6.07) is 2.61. The maximum atomic E-state index is 11.2. The van der Waals surface area contributed by atoms with Crippen LogP contribution in [0.15, 0.2) is 18.5 Å². The molecule has 0 saturated carbocycles. The van der Waals surface area contributed by atoms with E-state index in [0.29, 0.717) is 11.2 Å². The number of rotatable bonds is 4. The number of carbonyl (C=O) groups is 1. The number of fused-ring (bicyclic) bond motifs is 1. The minimum Gasteiger partial charge on any atom is -0.484 e. The molecule has 0 radical (unpaired) electrons. The lowest BCUT2D eigenvalue weighted by molar-refractivity contribution is -0.114. The van der Waals surface area contributed by atoms with Crippen LogP contribution < -0.4 is 15.0 Å². The SMILES string of the molecule is CC(=O)Nc1ncc(CN2C[C@@]3(Cc4cc(N5CCOCC5)ncc4O3)C[C@@H]2C)s1. The van der Waals surface area contributed by atoms with Crippen LogP contribution in [-0.4, -0.2) is 65.3 Å². The molecule has 160 valence electrons. The molecule has 9 heteroatoms. The van der Waals surface area contributed by atoms with E-state index in [9.17, 15) is 4.79 Å². The number of amides is 1. The number of nitrogens with one attached hydrogen (secondary N) is 1. The van der Waals surface area contributed by atoms with Crippen LogP contribution in [0.5, 0.6) is 5.75 Å². The standard InChI is InChI=1S/C21H27N5O3S/c1-14-8-21(13-26(14)12-17-10-23-20(30-17)24-15(2)27)9-16-7-19(22-11-18(16)29-21)25-3-5-28-6-4-25/h7,10-11,14H,3-6,8-9,12-13H2,1-2H3,(H,23,24,27)/t14-,21-/m0/s1. The van der Waals surface area contributed by atoms with E-state index in [0.717, 1.165) is 68.7 Å². The van der Waals surface area contributed by atoms with Crippen LogP contribution in [0.2, 0.25) is 0 Å². The summed E-state index contributed by atoms with van der Waals surface area (Å²) in [5.74, 6) is 1.86. The van der Waals surface area contributed by atoms with Gasteiger partial charge in [-0.2, -0.15) is 0 Å². The van der Waals surface area contributed by atoms with Gasteiger partial charge in [-0.3, -0.25) is 9.69 Å². The minimum atomic E-state index is -0.182. The van der Waals surface area contributed by atoms with Crippen LogP contribution in [0.3, 0.4) is 0 Å². The summed E-state index contributed by atoms with van der Waals surface area (Å²) in [5.41, 5.74) is 1.07. The molecule has 0 bridgehead atoms. The molecule has 2 atom stereocenters. The van der Waals surface area contributed by atoms with Crippen molar-refractivity contribution < 1.29 is 14.3 Å². The Morgan fingerprint density at radius 2 is 2.17 bits per heavy atom. The summed E-state index contributed by atoms with van der Waals surface area (Å²) in [6.45, 7) is 8.74. The topological polar surface area (TPSA) is 79.8 Å². The van der Waals surface area contributed by atoms with E-state index < -0.39 is 0 Å². The zero-order valence-corrected chi connectivity index (χ0v) is 18.2. The first-order chi connectivity index (χ1) is 14.5. The number of anilines is 2. The Balaban J connectivity index is 1.26. The van der Waals surface area contributed by atoms with Crippen LogP contribution in [-0.2, 0) is 22.5 Å². The van der Waals surface area contributed by atoms with Gasteiger partial charge in [0.25, 0.3) is 0 Å². The number of hydrogen-bond donors (Lipinski definition) is 1. The smallest absolute Gasteiger partial charge is 0.223 e. The number of ether oxygens (including phenoxy) is 2. The second-order valence-corrected chi connectivity index (χ2v) is 9.60. The van der Waals surface area contributed by atoms with E-state index >= 15 is 0 Å². The van der Waals surface area contributed by atoms with Gasteiger partial charge in [0.15, 0.2) is 5.13 Å². The lowest BCUT2D eigenvalue weighted by Crippen LogP contribution is -2.37. The zero-order valence-electron chi connectivity index (χ0n) is 17.4. The summed E-state index contributed by atoms with van der Waals surface area (Å²) in [6.07, 6.45) is 5.66. The molecule has 0 unspecified atom stereocenters. The summed E-state index contributed by atoms with van der Waals surface area (Å²) < 4.78 is 11.9. The van der Waals surface area contributed by atoms with E-state index in [-0.39, 0.29) is 11.5 Å². The maximum absolute atomic E-state index is 11.2. The number of thiazole rings is 1. The number of pyridine rings is 1. The Morgan fingerprint density at radius 3 is 2.97 bits per heavy atom. The number of likely N-dealkylation sites (tertiary alicyclic amines) is 1. The van der Waals surface area contributed by atoms with E-state index in [4.69, 9.17) is 9.47 Å². The lowest BCUT2D eigenvalue weighted by Gasteiger charge is -2.27. The highest BCUT2D eigenvalue weighted by Crippen LogP contribution is 2.43. The molecule has 0 aromatic carbocycles. The molecule has 2 aromatic heterocycles. The van der Waals surface area contributed by atoms with Gasteiger partial charge in [-0.1, -0.05) is 0 Å². The summed E-state index contributed by atoms with van der Waals surface area (Å²) in [4.78, 5) is 26.1. The van der Waals surface area contributed by atoms with Gasteiger partial charge in [-0.25, -0.2) is 9.97 Å². The van der Waals surface area contributed by atoms with E-state index in [2.05, 4.69) is 38.1 Å². The second kappa shape index (κ2) is 7.79. The Labute approximate surface area is 180 Å². The highest BCUT2D eigenvalue weighted by molar-refractivity contribution is 7.15. The van der Waals surface area contributed by atoms with Gasteiger partial charge in [0.1, 0.15) is 17.2 Å². The number of morpholine rings is 1.